The zero-order chi connectivity index (χ0) is 11.9. The lowest BCUT2D eigenvalue weighted by molar-refractivity contribution is -0.129. The molecule has 0 bridgehead atoms. The van der Waals surface area contributed by atoms with Crippen molar-refractivity contribution in [1.82, 2.24) is 10.2 Å². The number of amides is 1. The summed E-state index contributed by atoms with van der Waals surface area (Å²) in [7, 11) is 0. The topological polar surface area (TPSA) is 41.6 Å². The highest BCUT2D eigenvalue weighted by atomic mass is 16.5. The van der Waals surface area contributed by atoms with Gasteiger partial charge in [0.25, 0.3) is 0 Å². The van der Waals surface area contributed by atoms with Gasteiger partial charge in [-0.3, -0.25) is 4.79 Å². The van der Waals surface area contributed by atoms with Gasteiger partial charge in [0.1, 0.15) is 0 Å². The van der Waals surface area contributed by atoms with Gasteiger partial charge < -0.3 is 15.0 Å². The van der Waals surface area contributed by atoms with Gasteiger partial charge in [0.05, 0.1) is 12.6 Å². The number of hydrogen-bond donors (Lipinski definition) is 1. The van der Waals surface area contributed by atoms with Gasteiger partial charge in [0.2, 0.25) is 5.91 Å². The molecule has 1 N–H and O–H groups in total. The largest absolute Gasteiger partial charge is 0.378 e. The van der Waals surface area contributed by atoms with Gasteiger partial charge in [-0.1, -0.05) is 0 Å². The Hall–Kier alpha value is -0.610. The second kappa shape index (κ2) is 6.97. The summed E-state index contributed by atoms with van der Waals surface area (Å²) < 4.78 is 5.65. The minimum Gasteiger partial charge on any atom is -0.378 e. The van der Waals surface area contributed by atoms with Crippen molar-refractivity contribution in [3.05, 3.63) is 0 Å². The Morgan fingerprint density at radius 3 is 2.76 bits per heavy atom. The van der Waals surface area contributed by atoms with E-state index in [2.05, 4.69) is 5.32 Å². The summed E-state index contributed by atoms with van der Waals surface area (Å²) in [5, 5.41) is 3.24. The molecule has 4 nitrogen and oxygen atoms in total. The van der Waals surface area contributed by atoms with E-state index in [0.29, 0.717) is 12.6 Å². The van der Waals surface area contributed by atoms with Crippen LogP contribution in [0.15, 0.2) is 0 Å². The summed E-state index contributed by atoms with van der Waals surface area (Å²) in [6.07, 6.45) is 7.46. The number of carbonyl (C=O) groups excluding carboxylic acids is 1. The number of hydrogen-bond acceptors (Lipinski definition) is 3. The predicted octanol–water partition coefficient (Wildman–Crippen LogP) is 1.16. The van der Waals surface area contributed by atoms with Gasteiger partial charge >= 0.3 is 0 Å². The highest BCUT2D eigenvalue weighted by Crippen LogP contribution is 2.14. The molecule has 2 fully saturated rings. The Labute approximate surface area is 104 Å². The molecule has 1 atom stereocenters. The SMILES string of the molecule is O=C(CNCCC1CCCCO1)N1CCCC1. The average Bonchev–Trinajstić information content (AvgIpc) is 2.89. The van der Waals surface area contributed by atoms with Gasteiger partial charge in [0, 0.05) is 19.7 Å². The van der Waals surface area contributed by atoms with Crippen LogP contribution in [-0.4, -0.2) is 49.7 Å². The molecule has 2 heterocycles. The summed E-state index contributed by atoms with van der Waals surface area (Å²) in [6, 6.07) is 0. The van der Waals surface area contributed by atoms with E-state index in [0.717, 1.165) is 32.7 Å². The highest BCUT2D eigenvalue weighted by Gasteiger charge is 2.17. The zero-order valence-corrected chi connectivity index (χ0v) is 10.6. The van der Waals surface area contributed by atoms with Gasteiger partial charge in [0.15, 0.2) is 0 Å². The minimum atomic E-state index is 0.257. The van der Waals surface area contributed by atoms with Crippen LogP contribution in [0, 0.1) is 0 Å². The molecule has 2 aliphatic heterocycles. The van der Waals surface area contributed by atoms with Crippen LogP contribution >= 0.6 is 0 Å². The summed E-state index contributed by atoms with van der Waals surface area (Å²) >= 11 is 0. The van der Waals surface area contributed by atoms with Crippen molar-refractivity contribution in [1.29, 1.82) is 0 Å². The molecule has 2 aliphatic rings. The third-order valence-corrected chi connectivity index (χ3v) is 3.65. The Morgan fingerprint density at radius 1 is 1.24 bits per heavy atom. The van der Waals surface area contributed by atoms with E-state index in [-0.39, 0.29) is 5.91 Å². The first-order valence-electron chi connectivity index (χ1n) is 6.96. The van der Waals surface area contributed by atoms with Crippen molar-refractivity contribution in [2.45, 2.75) is 44.6 Å². The number of nitrogens with one attached hydrogen (secondary N) is 1. The number of carbonyl (C=O) groups is 1. The summed E-state index contributed by atoms with van der Waals surface area (Å²) in [5.74, 6) is 0.257. The molecule has 1 unspecified atom stereocenters. The first-order chi connectivity index (χ1) is 8.36. The van der Waals surface area contributed by atoms with Crippen molar-refractivity contribution in [2.75, 3.05) is 32.8 Å². The fraction of sp³-hybridized carbons (Fsp3) is 0.923. The molecule has 98 valence electrons. The van der Waals surface area contributed by atoms with Gasteiger partial charge in [-0.05, 0) is 45.1 Å². The van der Waals surface area contributed by atoms with E-state index in [9.17, 15) is 4.79 Å². The quantitative estimate of drug-likeness (QED) is 0.733. The Morgan fingerprint density at radius 2 is 2.06 bits per heavy atom. The first kappa shape index (κ1) is 12.8. The molecule has 0 spiro atoms. The van der Waals surface area contributed by atoms with Crippen LogP contribution in [0.1, 0.15) is 38.5 Å². The van der Waals surface area contributed by atoms with Crippen LogP contribution in [0.4, 0.5) is 0 Å². The molecule has 0 aromatic heterocycles. The number of ether oxygens (including phenoxy) is 1. The molecule has 0 radical (unpaired) electrons. The zero-order valence-electron chi connectivity index (χ0n) is 10.6. The standard InChI is InChI=1S/C13H24N2O2/c16-13(15-8-2-3-9-15)11-14-7-6-12-5-1-4-10-17-12/h12,14H,1-11H2. The molecule has 0 saturated carbocycles. The lowest BCUT2D eigenvalue weighted by Gasteiger charge is -2.22. The fourth-order valence-electron chi connectivity index (χ4n) is 2.57. The van der Waals surface area contributed by atoms with Gasteiger partial charge in [-0.15, -0.1) is 0 Å². The third kappa shape index (κ3) is 4.28. The Kier molecular flexibility index (Phi) is 5.26. The third-order valence-electron chi connectivity index (χ3n) is 3.65. The monoisotopic (exact) mass is 240 g/mol. The van der Waals surface area contributed by atoms with Crippen LogP contribution < -0.4 is 5.32 Å². The van der Waals surface area contributed by atoms with Crippen LogP contribution in [-0.2, 0) is 9.53 Å². The Balaban J connectivity index is 1.51. The lowest BCUT2D eigenvalue weighted by atomic mass is 10.1. The van der Waals surface area contributed by atoms with E-state index < -0.39 is 0 Å². The molecular weight excluding hydrogens is 216 g/mol. The van der Waals surface area contributed by atoms with Gasteiger partial charge in [-0.2, -0.15) is 0 Å². The summed E-state index contributed by atoms with van der Waals surface area (Å²) in [6.45, 7) is 4.20. The molecular formula is C13H24N2O2. The molecule has 2 saturated heterocycles. The highest BCUT2D eigenvalue weighted by molar-refractivity contribution is 5.78. The van der Waals surface area contributed by atoms with Crippen molar-refractivity contribution in [3.63, 3.8) is 0 Å². The van der Waals surface area contributed by atoms with E-state index in [1.807, 2.05) is 4.90 Å². The van der Waals surface area contributed by atoms with Crippen molar-refractivity contribution in [2.24, 2.45) is 0 Å². The lowest BCUT2D eigenvalue weighted by Crippen LogP contribution is -2.37. The van der Waals surface area contributed by atoms with Crippen LogP contribution in [0.5, 0.6) is 0 Å². The molecule has 0 aromatic rings. The van der Waals surface area contributed by atoms with Crippen molar-refractivity contribution in [3.8, 4) is 0 Å². The van der Waals surface area contributed by atoms with Gasteiger partial charge in [-0.25, -0.2) is 0 Å². The van der Waals surface area contributed by atoms with E-state index >= 15 is 0 Å². The summed E-state index contributed by atoms with van der Waals surface area (Å²) in [5.41, 5.74) is 0. The average molecular weight is 240 g/mol. The normalized spacial score (nSPS) is 25.2. The van der Waals surface area contributed by atoms with E-state index in [1.165, 1.54) is 32.1 Å². The van der Waals surface area contributed by atoms with Crippen LogP contribution in [0.25, 0.3) is 0 Å². The van der Waals surface area contributed by atoms with E-state index in [1.54, 1.807) is 0 Å². The number of nitrogens with zero attached hydrogens (tertiary/aromatic N) is 1. The first-order valence-corrected chi connectivity index (χ1v) is 6.96. The molecule has 17 heavy (non-hydrogen) atoms. The smallest absolute Gasteiger partial charge is 0.236 e. The van der Waals surface area contributed by atoms with E-state index in [4.69, 9.17) is 4.74 Å². The van der Waals surface area contributed by atoms with Crippen molar-refractivity contribution < 1.29 is 9.53 Å². The molecule has 2 rings (SSSR count). The number of likely N-dealkylation sites (tertiary alicyclic amines) is 1. The molecule has 0 aliphatic carbocycles. The molecule has 0 aromatic carbocycles. The maximum atomic E-state index is 11.7. The fourth-order valence-corrected chi connectivity index (χ4v) is 2.57. The Bertz CT molecular complexity index is 234. The predicted molar refractivity (Wildman–Crippen MR) is 66.9 cm³/mol. The number of rotatable bonds is 5. The maximum absolute atomic E-state index is 11.7. The van der Waals surface area contributed by atoms with Crippen LogP contribution in [0.2, 0.25) is 0 Å². The second-order valence-corrected chi connectivity index (χ2v) is 5.04. The molecule has 1 amide bonds. The maximum Gasteiger partial charge on any atom is 0.236 e. The summed E-state index contributed by atoms with van der Waals surface area (Å²) in [4.78, 5) is 13.7. The van der Waals surface area contributed by atoms with Crippen molar-refractivity contribution >= 4 is 5.91 Å². The van der Waals surface area contributed by atoms with Crippen LogP contribution in [0.3, 0.4) is 0 Å². The second-order valence-electron chi connectivity index (χ2n) is 5.04. The minimum absolute atomic E-state index is 0.257. The molecule has 4 heteroatoms.